The van der Waals surface area contributed by atoms with Crippen molar-refractivity contribution in [2.75, 3.05) is 14.2 Å². The first-order chi connectivity index (χ1) is 14.4. The van der Waals surface area contributed by atoms with E-state index < -0.39 is 11.8 Å². The van der Waals surface area contributed by atoms with Crippen molar-refractivity contribution in [1.29, 1.82) is 0 Å². The van der Waals surface area contributed by atoms with Crippen molar-refractivity contribution in [1.82, 2.24) is 0 Å². The van der Waals surface area contributed by atoms with Gasteiger partial charge in [-0.25, -0.2) is 9.18 Å². The summed E-state index contributed by atoms with van der Waals surface area (Å²) in [4.78, 5) is 11.6. The van der Waals surface area contributed by atoms with Crippen LogP contribution in [0.15, 0.2) is 72.8 Å². The lowest BCUT2D eigenvalue weighted by Gasteiger charge is -2.12. The topological polar surface area (TPSA) is 44.8 Å². The van der Waals surface area contributed by atoms with Crippen LogP contribution >= 0.6 is 0 Å². The number of benzene rings is 3. The summed E-state index contributed by atoms with van der Waals surface area (Å²) in [7, 11) is 3.27. The molecule has 3 rings (SSSR count). The van der Waals surface area contributed by atoms with Gasteiger partial charge in [-0.15, -0.1) is 0 Å². The number of carbonyl (C=O) groups excluding carboxylic acids is 1. The maximum absolute atomic E-state index is 14.6. The van der Waals surface area contributed by atoms with E-state index in [9.17, 15) is 9.18 Å². The van der Waals surface area contributed by atoms with Crippen LogP contribution in [-0.2, 0) is 16.1 Å². The highest BCUT2D eigenvalue weighted by molar-refractivity contribution is 5.88. The van der Waals surface area contributed by atoms with E-state index in [0.717, 1.165) is 28.0 Å². The quantitative estimate of drug-likeness (QED) is 0.283. The maximum Gasteiger partial charge on any atom is 0.338 e. The highest BCUT2D eigenvalue weighted by Gasteiger charge is 2.12. The van der Waals surface area contributed by atoms with Gasteiger partial charge in [-0.3, -0.25) is 0 Å². The van der Waals surface area contributed by atoms with Crippen molar-refractivity contribution in [2.24, 2.45) is 0 Å². The van der Waals surface area contributed by atoms with Gasteiger partial charge in [-0.1, -0.05) is 36.9 Å². The van der Waals surface area contributed by atoms with E-state index in [2.05, 4.69) is 6.58 Å². The van der Waals surface area contributed by atoms with Gasteiger partial charge in [0.15, 0.2) is 0 Å². The Balaban J connectivity index is 1.88. The van der Waals surface area contributed by atoms with Crippen molar-refractivity contribution >= 4 is 5.97 Å². The van der Waals surface area contributed by atoms with Crippen LogP contribution in [0.4, 0.5) is 4.39 Å². The summed E-state index contributed by atoms with van der Waals surface area (Å²) in [5.74, 6) is -0.155. The molecule has 0 spiro atoms. The molecule has 4 nitrogen and oxygen atoms in total. The van der Waals surface area contributed by atoms with Crippen LogP contribution in [0.1, 0.15) is 12.5 Å². The van der Waals surface area contributed by atoms with Gasteiger partial charge in [-0.05, 0) is 53.4 Å². The van der Waals surface area contributed by atoms with E-state index in [1.54, 1.807) is 26.4 Å². The number of ether oxygens (including phenoxy) is 3. The first-order valence-electron chi connectivity index (χ1n) is 9.37. The third-order valence-corrected chi connectivity index (χ3v) is 4.62. The molecule has 0 aliphatic carbocycles. The SMILES string of the molecule is C=C(C)C(=O)Oc1ccc(-c2ccc(-c3ccc(OC)cc3COC)cc2)c(F)c1. The molecule has 0 aromatic heterocycles. The summed E-state index contributed by atoms with van der Waals surface area (Å²) in [6, 6.07) is 17.8. The molecule has 0 aliphatic heterocycles. The Hall–Kier alpha value is -3.44. The third kappa shape index (κ3) is 4.75. The smallest absolute Gasteiger partial charge is 0.338 e. The van der Waals surface area contributed by atoms with Gasteiger partial charge in [0.05, 0.1) is 13.7 Å². The Morgan fingerprint density at radius 2 is 1.50 bits per heavy atom. The van der Waals surface area contributed by atoms with Crippen LogP contribution in [0.3, 0.4) is 0 Å². The van der Waals surface area contributed by atoms with E-state index >= 15 is 0 Å². The minimum atomic E-state index is -0.585. The van der Waals surface area contributed by atoms with Crippen molar-refractivity contribution in [3.8, 4) is 33.8 Å². The summed E-state index contributed by atoms with van der Waals surface area (Å²) in [6.07, 6.45) is 0. The molecule has 0 fully saturated rings. The van der Waals surface area contributed by atoms with Crippen molar-refractivity contribution in [3.63, 3.8) is 0 Å². The van der Waals surface area contributed by atoms with Crippen LogP contribution in [0.25, 0.3) is 22.3 Å². The van der Waals surface area contributed by atoms with E-state index in [0.29, 0.717) is 12.2 Å². The van der Waals surface area contributed by atoms with Crippen LogP contribution < -0.4 is 9.47 Å². The minimum absolute atomic E-state index is 0.142. The second kappa shape index (κ2) is 9.37. The molecule has 0 saturated carbocycles. The fourth-order valence-corrected chi connectivity index (χ4v) is 3.07. The summed E-state index contributed by atoms with van der Waals surface area (Å²) >= 11 is 0. The molecule has 0 amide bonds. The van der Waals surface area contributed by atoms with Crippen LogP contribution in [-0.4, -0.2) is 20.2 Å². The predicted molar refractivity (Wildman–Crippen MR) is 115 cm³/mol. The first-order valence-corrected chi connectivity index (χ1v) is 9.37. The largest absolute Gasteiger partial charge is 0.497 e. The van der Waals surface area contributed by atoms with Gasteiger partial charge in [0.2, 0.25) is 0 Å². The van der Waals surface area contributed by atoms with E-state index in [1.165, 1.54) is 13.0 Å². The van der Waals surface area contributed by atoms with Crippen LogP contribution in [0.5, 0.6) is 11.5 Å². The number of hydrogen-bond acceptors (Lipinski definition) is 4. The van der Waals surface area contributed by atoms with Crippen molar-refractivity contribution in [2.45, 2.75) is 13.5 Å². The molecule has 3 aromatic carbocycles. The number of carbonyl (C=O) groups is 1. The second-order valence-electron chi connectivity index (χ2n) is 6.84. The van der Waals surface area contributed by atoms with Crippen LogP contribution in [0, 0.1) is 5.82 Å². The molecule has 0 aliphatic rings. The zero-order valence-electron chi connectivity index (χ0n) is 17.2. The lowest BCUT2D eigenvalue weighted by molar-refractivity contribution is -0.130. The van der Waals surface area contributed by atoms with Crippen LogP contribution in [0.2, 0.25) is 0 Å². The molecule has 3 aromatic rings. The Morgan fingerprint density at radius 1 is 0.900 bits per heavy atom. The van der Waals surface area contributed by atoms with E-state index in [1.807, 2.05) is 42.5 Å². The molecule has 0 atom stereocenters. The van der Waals surface area contributed by atoms with E-state index in [4.69, 9.17) is 14.2 Å². The minimum Gasteiger partial charge on any atom is -0.497 e. The molecule has 0 saturated heterocycles. The number of rotatable bonds is 7. The fraction of sp³-hybridized carbons (Fsp3) is 0.160. The zero-order chi connectivity index (χ0) is 21.7. The van der Waals surface area contributed by atoms with Gasteiger partial charge < -0.3 is 14.2 Å². The average molecular weight is 406 g/mol. The number of esters is 1. The Bertz CT molecular complexity index is 1070. The van der Waals surface area contributed by atoms with E-state index in [-0.39, 0.29) is 11.3 Å². The summed E-state index contributed by atoms with van der Waals surface area (Å²) in [6.45, 7) is 5.51. The maximum atomic E-state index is 14.6. The fourth-order valence-electron chi connectivity index (χ4n) is 3.07. The molecule has 0 N–H and O–H groups in total. The molecular weight excluding hydrogens is 383 g/mol. The average Bonchev–Trinajstić information content (AvgIpc) is 2.74. The molecular formula is C25H23FO4. The van der Waals surface area contributed by atoms with Gasteiger partial charge >= 0.3 is 5.97 Å². The summed E-state index contributed by atoms with van der Waals surface area (Å²) in [5, 5.41) is 0. The second-order valence-corrected chi connectivity index (χ2v) is 6.84. The van der Waals surface area contributed by atoms with Crippen molar-refractivity contribution in [3.05, 3.63) is 84.2 Å². The zero-order valence-corrected chi connectivity index (χ0v) is 17.2. The third-order valence-electron chi connectivity index (χ3n) is 4.62. The summed E-state index contributed by atoms with van der Waals surface area (Å²) in [5.41, 5.74) is 4.40. The molecule has 0 bridgehead atoms. The lowest BCUT2D eigenvalue weighted by atomic mass is 9.96. The highest BCUT2D eigenvalue weighted by Crippen LogP contribution is 2.32. The number of halogens is 1. The monoisotopic (exact) mass is 406 g/mol. The van der Waals surface area contributed by atoms with Crippen molar-refractivity contribution < 1.29 is 23.4 Å². The lowest BCUT2D eigenvalue weighted by Crippen LogP contribution is -2.08. The number of hydrogen-bond donors (Lipinski definition) is 0. The molecule has 154 valence electrons. The normalized spacial score (nSPS) is 10.5. The predicted octanol–water partition coefficient (Wildman–Crippen LogP) is 5.80. The first kappa shape index (κ1) is 21.3. The standard InChI is InChI=1S/C25H23FO4/c1-16(2)25(27)30-21-10-12-23(24(26)14-21)18-7-5-17(6-8-18)22-11-9-20(29-4)13-19(22)15-28-3/h5-14H,1,15H2,2-4H3. The van der Waals surface area contributed by atoms with Gasteiger partial charge in [-0.2, -0.15) is 0 Å². The molecule has 0 radical (unpaired) electrons. The van der Waals surface area contributed by atoms with Gasteiger partial charge in [0.25, 0.3) is 0 Å². The molecule has 0 heterocycles. The van der Waals surface area contributed by atoms with Gasteiger partial charge in [0, 0.05) is 24.3 Å². The Kier molecular flexibility index (Phi) is 6.65. The Labute approximate surface area is 175 Å². The molecule has 5 heteroatoms. The van der Waals surface area contributed by atoms with Gasteiger partial charge in [0.1, 0.15) is 17.3 Å². The summed E-state index contributed by atoms with van der Waals surface area (Å²) < 4.78 is 30.3. The number of methoxy groups -OCH3 is 2. The molecule has 30 heavy (non-hydrogen) atoms. The Morgan fingerprint density at radius 3 is 2.07 bits per heavy atom. The molecule has 0 unspecified atom stereocenters. The highest BCUT2D eigenvalue weighted by atomic mass is 19.1.